The Morgan fingerprint density at radius 2 is 1.55 bits per heavy atom. The molecule has 3 aromatic carbocycles. The van der Waals surface area contributed by atoms with Gasteiger partial charge in [0.05, 0.1) is 25.9 Å². The molecule has 0 radical (unpaired) electrons. The summed E-state index contributed by atoms with van der Waals surface area (Å²) >= 11 is 0. The number of rotatable bonds is 10. The maximum absolute atomic E-state index is 11.5. The summed E-state index contributed by atoms with van der Waals surface area (Å²) in [5, 5.41) is 11.9. The smallest absolute Gasteiger partial charge is 0.407 e. The largest absolute Gasteiger partial charge is 0.453 e. The van der Waals surface area contributed by atoms with Crippen LogP contribution in [0.5, 0.6) is 0 Å². The van der Waals surface area contributed by atoms with Crippen molar-refractivity contribution in [2.24, 2.45) is 0 Å². The second kappa shape index (κ2) is 17.7. The molecule has 9 nitrogen and oxygen atoms in total. The SMILES string of the molecule is CNC(=O)OC[C@@H]1CO[C@H](CCc2ccccc2NC)CN1.COC(=O)NC(C)C(c1ccccc1)c1ccccc1. The summed E-state index contributed by atoms with van der Waals surface area (Å²) in [4.78, 5) is 22.5. The lowest BCUT2D eigenvalue weighted by Gasteiger charge is -2.30. The van der Waals surface area contributed by atoms with Crippen molar-refractivity contribution in [2.45, 2.75) is 43.9 Å². The molecule has 1 unspecified atom stereocenters. The van der Waals surface area contributed by atoms with Crippen LogP contribution in [0.25, 0.3) is 0 Å². The van der Waals surface area contributed by atoms with E-state index in [0.717, 1.165) is 19.4 Å². The molecule has 0 aliphatic carbocycles. The number of anilines is 1. The minimum Gasteiger partial charge on any atom is -0.453 e. The van der Waals surface area contributed by atoms with Crippen LogP contribution in [0.15, 0.2) is 84.9 Å². The van der Waals surface area contributed by atoms with Gasteiger partial charge in [-0.15, -0.1) is 0 Å². The third-order valence-corrected chi connectivity index (χ3v) is 7.16. The first-order chi connectivity index (χ1) is 20.4. The number of alkyl carbamates (subject to hydrolysis) is 2. The standard InChI is InChI=1S/C17H19NO2.C16H25N3O3/c1-13(18-17(19)20-2)16(14-9-5-3-6-10-14)15-11-7-4-8-12-15;1-17-15-6-4-3-5-12(15)7-8-14-9-19-13(10-21-14)11-22-16(20)18-2/h3-13,16H,1-2H3,(H,18,19);3-6,13-14,17,19H,7-11H2,1-2H3,(H,18,20)/t;13-,14+/m.0/s1. The molecule has 226 valence electrons. The van der Waals surface area contributed by atoms with Crippen molar-refractivity contribution < 1.29 is 23.8 Å². The maximum atomic E-state index is 11.5. The average Bonchev–Trinajstić information content (AvgIpc) is 3.04. The van der Waals surface area contributed by atoms with Gasteiger partial charge < -0.3 is 35.5 Å². The van der Waals surface area contributed by atoms with E-state index in [2.05, 4.69) is 63.7 Å². The number of carbonyl (C=O) groups is 2. The van der Waals surface area contributed by atoms with Crippen LogP contribution in [0.2, 0.25) is 0 Å². The van der Waals surface area contributed by atoms with Crippen molar-refractivity contribution >= 4 is 17.9 Å². The lowest BCUT2D eigenvalue weighted by atomic mass is 9.86. The first-order valence-corrected chi connectivity index (χ1v) is 14.3. The van der Waals surface area contributed by atoms with Crippen molar-refractivity contribution in [2.75, 3.05) is 46.3 Å². The lowest BCUT2D eigenvalue weighted by Crippen LogP contribution is -2.49. The van der Waals surface area contributed by atoms with Crippen molar-refractivity contribution in [3.63, 3.8) is 0 Å². The second-order valence-corrected chi connectivity index (χ2v) is 10.1. The highest BCUT2D eigenvalue weighted by Gasteiger charge is 2.23. The Kier molecular flexibility index (Phi) is 13.6. The van der Waals surface area contributed by atoms with E-state index in [1.165, 1.54) is 29.5 Å². The van der Waals surface area contributed by atoms with Gasteiger partial charge in [-0.25, -0.2) is 9.59 Å². The minimum atomic E-state index is -0.410. The molecular weight excluding hydrogens is 532 g/mol. The number of hydrogen-bond donors (Lipinski definition) is 4. The van der Waals surface area contributed by atoms with Gasteiger partial charge in [-0.05, 0) is 42.5 Å². The van der Waals surface area contributed by atoms with Crippen molar-refractivity contribution in [1.82, 2.24) is 16.0 Å². The molecule has 0 saturated carbocycles. The third kappa shape index (κ3) is 10.4. The van der Waals surface area contributed by atoms with Crippen LogP contribution < -0.4 is 21.3 Å². The van der Waals surface area contributed by atoms with Gasteiger partial charge in [-0.1, -0.05) is 78.9 Å². The van der Waals surface area contributed by atoms with E-state index in [0.29, 0.717) is 13.2 Å². The lowest BCUT2D eigenvalue weighted by molar-refractivity contribution is -0.0138. The van der Waals surface area contributed by atoms with Gasteiger partial charge in [-0.3, -0.25) is 0 Å². The molecule has 0 aromatic heterocycles. The van der Waals surface area contributed by atoms with Crippen LogP contribution in [0.4, 0.5) is 15.3 Å². The Morgan fingerprint density at radius 1 is 0.929 bits per heavy atom. The van der Waals surface area contributed by atoms with Crippen LogP contribution >= 0.6 is 0 Å². The molecule has 1 aliphatic rings. The summed E-state index contributed by atoms with van der Waals surface area (Å²) in [7, 11) is 4.86. The number of amides is 2. The number of ether oxygens (including phenoxy) is 3. The summed E-state index contributed by atoms with van der Waals surface area (Å²) in [5.74, 6) is 0.0940. The van der Waals surface area contributed by atoms with E-state index in [4.69, 9.17) is 14.2 Å². The molecule has 1 fully saturated rings. The van der Waals surface area contributed by atoms with Gasteiger partial charge >= 0.3 is 12.2 Å². The number of hydrogen-bond acceptors (Lipinski definition) is 7. The normalized spacial score (nSPS) is 16.8. The predicted molar refractivity (Wildman–Crippen MR) is 166 cm³/mol. The van der Waals surface area contributed by atoms with Gasteiger partial charge in [0, 0.05) is 38.3 Å². The Bertz CT molecular complexity index is 1160. The number of nitrogens with one attached hydrogen (secondary N) is 4. The molecular formula is C33H44N4O5. The molecule has 3 atom stereocenters. The van der Waals surface area contributed by atoms with E-state index >= 15 is 0 Å². The Labute approximate surface area is 249 Å². The Hall–Kier alpha value is -4.08. The third-order valence-electron chi connectivity index (χ3n) is 7.16. The van der Waals surface area contributed by atoms with Crippen molar-refractivity contribution in [3.05, 3.63) is 102 Å². The molecule has 1 heterocycles. The van der Waals surface area contributed by atoms with Gasteiger partial charge in [0.25, 0.3) is 0 Å². The molecule has 3 aromatic rings. The van der Waals surface area contributed by atoms with E-state index in [9.17, 15) is 9.59 Å². The first kappa shape index (κ1) is 32.4. The van der Waals surface area contributed by atoms with E-state index in [-0.39, 0.29) is 24.1 Å². The number of methoxy groups -OCH3 is 1. The van der Waals surface area contributed by atoms with Gasteiger partial charge in [-0.2, -0.15) is 0 Å². The fourth-order valence-corrected chi connectivity index (χ4v) is 4.93. The molecule has 4 N–H and O–H groups in total. The number of para-hydroxylation sites is 1. The predicted octanol–water partition coefficient (Wildman–Crippen LogP) is 4.94. The Morgan fingerprint density at radius 3 is 2.10 bits per heavy atom. The van der Waals surface area contributed by atoms with Crippen LogP contribution in [-0.4, -0.2) is 71.3 Å². The quantitative estimate of drug-likeness (QED) is 0.271. The van der Waals surface area contributed by atoms with E-state index in [1.54, 1.807) is 7.05 Å². The summed E-state index contributed by atoms with van der Waals surface area (Å²) < 4.78 is 15.6. The monoisotopic (exact) mass is 576 g/mol. The minimum absolute atomic E-state index is 0.0627. The van der Waals surface area contributed by atoms with Crippen molar-refractivity contribution in [3.8, 4) is 0 Å². The van der Waals surface area contributed by atoms with Gasteiger partial charge in [0.15, 0.2) is 0 Å². The summed E-state index contributed by atoms with van der Waals surface area (Å²) in [6, 6.07) is 28.6. The van der Waals surface area contributed by atoms with Crippen LogP contribution in [0.3, 0.4) is 0 Å². The molecule has 1 saturated heterocycles. The Balaban J connectivity index is 0.000000231. The number of morpholine rings is 1. The van der Waals surface area contributed by atoms with Crippen molar-refractivity contribution in [1.29, 1.82) is 0 Å². The van der Waals surface area contributed by atoms with Crippen LogP contribution in [-0.2, 0) is 20.6 Å². The second-order valence-electron chi connectivity index (χ2n) is 10.1. The molecule has 9 heteroatoms. The molecule has 4 rings (SSSR count). The highest BCUT2D eigenvalue weighted by Crippen LogP contribution is 2.28. The van der Waals surface area contributed by atoms with Gasteiger partial charge in [0.2, 0.25) is 0 Å². The highest BCUT2D eigenvalue weighted by atomic mass is 16.6. The van der Waals surface area contributed by atoms with Crippen LogP contribution in [0, 0.1) is 0 Å². The molecule has 2 amide bonds. The molecule has 0 spiro atoms. The highest BCUT2D eigenvalue weighted by molar-refractivity contribution is 5.67. The molecule has 0 bridgehead atoms. The number of carbonyl (C=O) groups excluding carboxylic acids is 2. The summed E-state index contributed by atoms with van der Waals surface area (Å²) in [5.41, 5.74) is 4.81. The average molecular weight is 577 g/mol. The number of aryl methyl sites for hydroxylation is 1. The fourth-order valence-electron chi connectivity index (χ4n) is 4.93. The molecule has 1 aliphatic heterocycles. The number of benzene rings is 3. The summed E-state index contributed by atoms with van der Waals surface area (Å²) in [6.07, 6.45) is 1.32. The maximum Gasteiger partial charge on any atom is 0.407 e. The summed E-state index contributed by atoms with van der Waals surface area (Å²) in [6.45, 7) is 3.66. The topological polar surface area (TPSA) is 110 Å². The zero-order chi connectivity index (χ0) is 30.2. The first-order valence-electron chi connectivity index (χ1n) is 14.3. The molecule has 42 heavy (non-hydrogen) atoms. The van der Waals surface area contributed by atoms with E-state index in [1.807, 2.05) is 56.4 Å². The van der Waals surface area contributed by atoms with E-state index < -0.39 is 12.2 Å². The van der Waals surface area contributed by atoms with Crippen LogP contribution in [0.1, 0.15) is 36.0 Å². The zero-order valence-corrected chi connectivity index (χ0v) is 25.0. The van der Waals surface area contributed by atoms with Gasteiger partial charge in [0.1, 0.15) is 6.61 Å². The zero-order valence-electron chi connectivity index (χ0n) is 25.0. The fraction of sp³-hybridized carbons (Fsp3) is 0.394.